The maximum Gasteiger partial charge on any atom is 0.268 e. The van der Waals surface area contributed by atoms with Crippen molar-refractivity contribution in [3.8, 4) is 5.88 Å². The molecule has 1 N–H and O–H groups in total. The summed E-state index contributed by atoms with van der Waals surface area (Å²) in [6.07, 6.45) is 2.20. The molecule has 0 fully saturated rings. The summed E-state index contributed by atoms with van der Waals surface area (Å²) in [7, 11) is 3.78. The molecular weight excluding hydrogens is 503 g/mol. The van der Waals surface area contributed by atoms with Gasteiger partial charge in [-0.3, -0.25) is 14.5 Å². The maximum atomic E-state index is 13.1. The number of benzene rings is 2. The Kier molecular flexibility index (Phi) is 6.70. The number of nitrogens with one attached hydrogen (secondary N) is 1. The molecule has 0 bridgehead atoms. The van der Waals surface area contributed by atoms with Crippen LogP contribution in [0.15, 0.2) is 42.6 Å². The number of aromatic nitrogens is 2. The molecule has 0 unspecified atom stereocenters. The summed E-state index contributed by atoms with van der Waals surface area (Å²) in [5.41, 5.74) is 3.71. The minimum Gasteiger partial charge on any atom is -0.455 e. The van der Waals surface area contributed by atoms with Gasteiger partial charge < -0.3 is 19.9 Å². The summed E-state index contributed by atoms with van der Waals surface area (Å²) < 4.78 is 5.76. The number of para-hydroxylation sites is 1. The number of hydrogen-bond donors (Lipinski definition) is 1. The summed E-state index contributed by atoms with van der Waals surface area (Å²) in [6.45, 7) is 1.60. The number of carbonyl (C=O) groups excluding carboxylic acids is 2. The van der Waals surface area contributed by atoms with Crippen LogP contribution >= 0.6 is 23.2 Å². The second kappa shape index (κ2) is 9.93. The first-order valence-corrected chi connectivity index (χ1v) is 12.1. The van der Waals surface area contributed by atoms with E-state index < -0.39 is 0 Å². The fourth-order valence-electron chi connectivity index (χ4n) is 4.27. The molecule has 2 aliphatic heterocycles. The quantitative estimate of drug-likeness (QED) is 0.537. The Balaban J connectivity index is 1.30. The smallest absolute Gasteiger partial charge is 0.268 e. The van der Waals surface area contributed by atoms with Crippen LogP contribution < -0.4 is 15.0 Å². The van der Waals surface area contributed by atoms with Crippen molar-refractivity contribution in [1.82, 2.24) is 19.8 Å². The van der Waals surface area contributed by atoms with Gasteiger partial charge in [0.05, 0.1) is 22.3 Å². The molecule has 36 heavy (non-hydrogen) atoms. The third kappa shape index (κ3) is 4.82. The Bertz CT molecular complexity index is 1330. The molecule has 2 amide bonds. The molecule has 1 aromatic heterocycles. The van der Waals surface area contributed by atoms with Crippen LogP contribution in [-0.2, 0) is 17.8 Å². The second-order valence-electron chi connectivity index (χ2n) is 8.90. The number of hydrogen-bond acceptors (Lipinski definition) is 7. The molecule has 2 aliphatic rings. The molecule has 0 atom stereocenters. The van der Waals surface area contributed by atoms with Crippen LogP contribution in [0.4, 0.5) is 17.3 Å². The fraction of sp³-hybridized carbons (Fsp3) is 0.280. The fourth-order valence-corrected chi connectivity index (χ4v) is 4.87. The van der Waals surface area contributed by atoms with E-state index >= 15 is 0 Å². The first kappa shape index (κ1) is 24.3. The Morgan fingerprint density at radius 1 is 1.17 bits per heavy atom. The van der Waals surface area contributed by atoms with Crippen molar-refractivity contribution in [3.05, 3.63) is 69.3 Å². The lowest BCUT2D eigenvalue weighted by atomic mass is 9.99. The third-order valence-corrected chi connectivity index (χ3v) is 6.66. The highest BCUT2D eigenvalue weighted by atomic mass is 35.5. The van der Waals surface area contributed by atoms with E-state index in [4.69, 9.17) is 27.9 Å². The van der Waals surface area contributed by atoms with Crippen molar-refractivity contribution in [3.63, 3.8) is 0 Å². The van der Waals surface area contributed by atoms with Gasteiger partial charge in [-0.05, 0) is 55.9 Å². The molecule has 0 saturated carbocycles. The van der Waals surface area contributed by atoms with E-state index in [1.165, 1.54) is 16.7 Å². The molecule has 0 spiro atoms. The zero-order valence-corrected chi connectivity index (χ0v) is 21.3. The Hall–Kier alpha value is -3.40. The summed E-state index contributed by atoms with van der Waals surface area (Å²) in [6, 6.07) is 11.0. The van der Waals surface area contributed by atoms with Crippen molar-refractivity contribution >= 4 is 52.3 Å². The van der Waals surface area contributed by atoms with Crippen LogP contribution in [0.3, 0.4) is 0 Å². The number of fused-ring (bicyclic) bond motifs is 2. The van der Waals surface area contributed by atoms with Crippen LogP contribution in [0.2, 0.25) is 10.0 Å². The van der Waals surface area contributed by atoms with Gasteiger partial charge in [0.2, 0.25) is 17.7 Å². The number of halogens is 2. The number of ether oxygens (including phenoxy) is 1. The normalized spacial score (nSPS) is 14.9. The zero-order chi connectivity index (χ0) is 25.4. The van der Waals surface area contributed by atoms with Gasteiger partial charge in [0.15, 0.2) is 6.73 Å². The molecule has 5 rings (SSSR count). The van der Waals surface area contributed by atoms with Crippen molar-refractivity contribution in [1.29, 1.82) is 0 Å². The molecular formula is C25H24Cl2N6O3. The van der Waals surface area contributed by atoms with Gasteiger partial charge in [0.25, 0.3) is 5.91 Å². The summed E-state index contributed by atoms with van der Waals surface area (Å²) >= 11 is 12.5. The Labute approximate surface area is 218 Å². The third-order valence-electron chi connectivity index (χ3n) is 6.05. The topological polar surface area (TPSA) is 90.9 Å². The average Bonchev–Trinajstić information content (AvgIpc) is 2.84. The molecule has 11 heteroatoms. The summed E-state index contributed by atoms with van der Waals surface area (Å²) in [5, 5.41) is 3.88. The van der Waals surface area contributed by atoms with Crippen LogP contribution in [-0.4, -0.2) is 65.5 Å². The van der Waals surface area contributed by atoms with Gasteiger partial charge in [-0.1, -0.05) is 35.3 Å². The van der Waals surface area contributed by atoms with Crippen molar-refractivity contribution in [2.75, 3.05) is 44.1 Å². The van der Waals surface area contributed by atoms with Crippen LogP contribution in [0.5, 0.6) is 5.88 Å². The molecule has 186 valence electrons. The highest BCUT2D eigenvalue weighted by Crippen LogP contribution is 2.37. The first-order valence-electron chi connectivity index (χ1n) is 11.4. The minimum absolute atomic E-state index is 0.0758. The van der Waals surface area contributed by atoms with Gasteiger partial charge >= 0.3 is 0 Å². The predicted octanol–water partition coefficient (Wildman–Crippen LogP) is 3.97. The number of amides is 2. The highest BCUT2D eigenvalue weighted by Gasteiger charge is 2.31. The first-order chi connectivity index (χ1) is 17.3. The Morgan fingerprint density at radius 2 is 1.94 bits per heavy atom. The second-order valence-corrected chi connectivity index (χ2v) is 9.72. The lowest BCUT2D eigenvalue weighted by Crippen LogP contribution is -2.40. The van der Waals surface area contributed by atoms with Crippen molar-refractivity contribution < 1.29 is 14.3 Å². The number of anilines is 3. The van der Waals surface area contributed by atoms with Gasteiger partial charge in [-0.25, -0.2) is 4.98 Å². The SMILES string of the molecule is CN(C)CC(=O)N1CCc2cc(Nc3ncc4c(n3)OCN(c3c(Cl)cccc3Cl)C4=O)ccc2C1. The predicted molar refractivity (Wildman–Crippen MR) is 138 cm³/mol. The summed E-state index contributed by atoms with van der Waals surface area (Å²) in [5.74, 6) is 0.273. The summed E-state index contributed by atoms with van der Waals surface area (Å²) in [4.78, 5) is 39.3. The van der Waals surface area contributed by atoms with E-state index in [9.17, 15) is 9.59 Å². The van der Waals surface area contributed by atoms with E-state index in [0.717, 1.165) is 17.7 Å². The lowest BCUT2D eigenvalue weighted by molar-refractivity contribution is -0.132. The van der Waals surface area contributed by atoms with E-state index in [1.807, 2.05) is 42.1 Å². The number of carbonyl (C=O) groups is 2. The van der Waals surface area contributed by atoms with Gasteiger partial charge in [-0.2, -0.15) is 4.98 Å². The maximum absolute atomic E-state index is 13.1. The monoisotopic (exact) mass is 526 g/mol. The standard InChI is InChI=1S/C25H24Cl2N6O3/c1-31(2)13-21(34)32-9-8-15-10-17(7-6-16(15)12-32)29-25-28-11-18-23(30-25)36-14-33(24(18)35)22-19(26)4-3-5-20(22)27/h3-7,10-11H,8-9,12-14H2,1-2H3,(H,28,29,30). The minimum atomic E-state index is -0.347. The molecule has 9 nitrogen and oxygen atoms in total. The number of rotatable bonds is 5. The molecule has 2 aromatic carbocycles. The molecule has 0 radical (unpaired) electrons. The van der Waals surface area contributed by atoms with Gasteiger partial charge in [-0.15, -0.1) is 0 Å². The van der Waals surface area contributed by atoms with E-state index in [0.29, 0.717) is 41.3 Å². The van der Waals surface area contributed by atoms with Gasteiger partial charge in [0.1, 0.15) is 5.56 Å². The molecule has 0 saturated heterocycles. The van der Waals surface area contributed by atoms with Crippen molar-refractivity contribution in [2.45, 2.75) is 13.0 Å². The van der Waals surface area contributed by atoms with E-state index in [-0.39, 0.29) is 30.0 Å². The molecule has 3 aromatic rings. The van der Waals surface area contributed by atoms with Crippen LogP contribution in [0.1, 0.15) is 21.5 Å². The lowest BCUT2D eigenvalue weighted by Gasteiger charge is -2.30. The highest BCUT2D eigenvalue weighted by molar-refractivity contribution is 6.40. The molecule has 3 heterocycles. The number of likely N-dealkylation sites (N-methyl/N-ethyl adjacent to an activating group) is 1. The average molecular weight is 527 g/mol. The Morgan fingerprint density at radius 3 is 2.69 bits per heavy atom. The van der Waals surface area contributed by atoms with Crippen LogP contribution in [0, 0.1) is 0 Å². The molecule has 0 aliphatic carbocycles. The van der Waals surface area contributed by atoms with Gasteiger partial charge in [0, 0.05) is 25.0 Å². The zero-order valence-electron chi connectivity index (χ0n) is 19.8. The van der Waals surface area contributed by atoms with E-state index in [2.05, 4.69) is 15.3 Å². The van der Waals surface area contributed by atoms with Crippen LogP contribution in [0.25, 0.3) is 0 Å². The van der Waals surface area contributed by atoms with Crippen molar-refractivity contribution in [2.24, 2.45) is 0 Å². The van der Waals surface area contributed by atoms with E-state index in [1.54, 1.807) is 18.2 Å². The number of nitrogens with zero attached hydrogens (tertiary/aromatic N) is 5. The largest absolute Gasteiger partial charge is 0.455 e.